The van der Waals surface area contributed by atoms with Crippen LogP contribution in [0.15, 0.2) is 41.8 Å². The number of benzene rings is 1. The summed E-state index contributed by atoms with van der Waals surface area (Å²) in [5.41, 5.74) is 7.88. The first kappa shape index (κ1) is 15.7. The highest BCUT2D eigenvalue weighted by atomic mass is 32.1. The number of hydrogen-bond donors (Lipinski definition) is 2. The van der Waals surface area contributed by atoms with Gasteiger partial charge in [0.25, 0.3) is 0 Å². The van der Waals surface area contributed by atoms with Crippen LogP contribution in [0.4, 0.5) is 0 Å². The number of amides is 1. The molecule has 3 N–H and O–H groups in total. The average Bonchev–Trinajstić information content (AvgIpc) is 2.99. The maximum absolute atomic E-state index is 11.3. The van der Waals surface area contributed by atoms with Gasteiger partial charge in [0.05, 0.1) is 12.1 Å². The lowest BCUT2D eigenvalue weighted by molar-refractivity contribution is -0.119. The number of aryl methyl sites for hydroxylation is 1. The highest BCUT2D eigenvalue weighted by molar-refractivity contribution is 7.10. The van der Waals surface area contributed by atoms with Crippen molar-refractivity contribution in [2.75, 3.05) is 0 Å². The summed E-state index contributed by atoms with van der Waals surface area (Å²) in [7, 11) is 0. The minimum absolute atomic E-state index is 0.00294. The van der Waals surface area contributed by atoms with Gasteiger partial charge in [-0.1, -0.05) is 43.7 Å². The quantitative estimate of drug-likeness (QED) is 0.825. The Balaban J connectivity index is 2.24. The lowest BCUT2D eigenvalue weighted by Crippen LogP contribution is -2.40. The van der Waals surface area contributed by atoms with Gasteiger partial charge in [-0.15, -0.1) is 11.3 Å². The van der Waals surface area contributed by atoms with Crippen LogP contribution in [0.3, 0.4) is 0 Å². The highest BCUT2D eigenvalue weighted by Gasteiger charge is 2.19. The molecule has 112 valence electrons. The van der Waals surface area contributed by atoms with Gasteiger partial charge in [-0.25, -0.2) is 0 Å². The van der Waals surface area contributed by atoms with E-state index in [1.807, 2.05) is 11.4 Å². The van der Waals surface area contributed by atoms with Gasteiger partial charge in [0, 0.05) is 4.88 Å². The Bertz CT molecular complexity index is 563. The summed E-state index contributed by atoms with van der Waals surface area (Å²) >= 11 is 1.68. The van der Waals surface area contributed by atoms with Crippen molar-refractivity contribution in [2.24, 2.45) is 5.73 Å². The molecule has 2 rings (SSSR count). The lowest BCUT2D eigenvalue weighted by atomic mass is 10.0. The van der Waals surface area contributed by atoms with Gasteiger partial charge in [0.2, 0.25) is 5.91 Å². The first-order valence-electron chi connectivity index (χ1n) is 7.29. The first-order chi connectivity index (χ1) is 10.1. The third-order valence-corrected chi connectivity index (χ3v) is 4.46. The van der Waals surface area contributed by atoms with Crippen molar-refractivity contribution in [2.45, 2.75) is 38.8 Å². The molecule has 0 unspecified atom stereocenters. The van der Waals surface area contributed by atoms with Gasteiger partial charge < -0.3 is 5.73 Å². The SMILES string of the molecule is CCCc1ccc([C@@H](N[C@@H](C)C(N)=O)c2cccs2)cc1. The van der Waals surface area contributed by atoms with Crippen molar-refractivity contribution in [1.82, 2.24) is 5.32 Å². The fourth-order valence-corrected chi connectivity index (χ4v) is 3.11. The molecule has 3 nitrogen and oxygen atoms in total. The maximum Gasteiger partial charge on any atom is 0.234 e. The van der Waals surface area contributed by atoms with Gasteiger partial charge in [0.1, 0.15) is 0 Å². The normalized spacial score (nSPS) is 13.8. The number of hydrogen-bond acceptors (Lipinski definition) is 3. The molecule has 2 atom stereocenters. The zero-order valence-electron chi connectivity index (χ0n) is 12.5. The molecule has 2 aromatic rings. The van der Waals surface area contributed by atoms with Crippen molar-refractivity contribution in [3.05, 3.63) is 57.8 Å². The van der Waals surface area contributed by atoms with Crippen molar-refractivity contribution < 1.29 is 4.79 Å². The molecule has 0 saturated heterocycles. The number of primary amides is 1. The Kier molecular flexibility index (Phi) is 5.53. The van der Waals surface area contributed by atoms with Crippen LogP contribution in [0.25, 0.3) is 0 Å². The molecule has 1 amide bonds. The monoisotopic (exact) mass is 302 g/mol. The minimum Gasteiger partial charge on any atom is -0.368 e. The summed E-state index contributed by atoms with van der Waals surface area (Å²) in [6.45, 7) is 3.98. The Morgan fingerprint density at radius 1 is 1.29 bits per heavy atom. The van der Waals surface area contributed by atoms with Crippen LogP contribution in [-0.4, -0.2) is 11.9 Å². The number of thiophene rings is 1. The minimum atomic E-state index is -0.368. The fraction of sp³-hybridized carbons (Fsp3) is 0.353. The molecule has 0 aliphatic rings. The van der Waals surface area contributed by atoms with Crippen molar-refractivity contribution in [1.29, 1.82) is 0 Å². The summed E-state index contributed by atoms with van der Waals surface area (Å²) in [6.07, 6.45) is 2.24. The van der Waals surface area contributed by atoms with E-state index in [0.717, 1.165) is 18.4 Å². The van der Waals surface area contributed by atoms with Crippen molar-refractivity contribution in [3.63, 3.8) is 0 Å². The van der Waals surface area contributed by atoms with Gasteiger partial charge >= 0.3 is 0 Å². The summed E-state index contributed by atoms with van der Waals surface area (Å²) < 4.78 is 0. The van der Waals surface area contributed by atoms with E-state index < -0.39 is 0 Å². The molecule has 0 aliphatic heterocycles. The van der Waals surface area contributed by atoms with E-state index in [4.69, 9.17) is 5.73 Å². The standard InChI is InChI=1S/C17H22N2OS/c1-3-5-13-7-9-14(10-8-13)16(15-6-4-11-21-15)19-12(2)17(18)20/h4,6-12,16,19H,3,5H2,1-2H3,(H2,18,20)/t12-,16+/m0/s1. The molecule has 0 saturated carbocycles. The summed E-state index contributed by atoms with van der Waals surface area (Å²) in [5, 5.41) is 5.37. The third kappa shape index (κ3) is 4.16. The summed E-state index contributed by atoms with van der Waals surface area (Å²) in [6, 6.07) is 12.3. The molecule has 0 aliphatic carbocycles. The zero-order chi connectivity index (χ0) is 15.2. The Labute approximate surface area is 130 Å². The van der Waals surface area contributed by atoms with Crippen LogP contribution in [0, 0.1) is 0 Å². The lowest BCUT2D eigenvalue weighted by Gasteiger charge is -2.21. The topological polar surface area (TPSA) is 55.1 Å². The maximum atomic E-state index is 11.3. The van der Waals surface area contributed by atoms with E-state index in [9.17, 15) is 4.79 Å². The molecule has 0 fully saturated rings. The number of nitrogens with two attached hydrogens (primary N) is 1. The third-order valence-electron chi connectivity index (χ3n) is 3.52. The van der Waals surface area contributed by atoms with E-state index in [0.29, 0.717) is 0 Å². The average molecular weight is 302 g/mol. The van der Waals surface area contributed by atoms with Crippen LogP contribution < -0.4 is 11.1 Å². The predicted octanol–water partition coefficient (Wildman–Crippen LogP) is 3.25. The number of carbonyl (C=O) groups excluding carboxylic acids is 1. The van der Waals surface area contributed by atoms with Gasteiger partial charge in [-0.2, -0.15) is 0 Å². The van der Waals surface area contributed by atoms with Gasteiger partial charge in [0.15, 0.2) is 0 Å². The molecule has 0 spiro atoms. The van der Waals surface area contributed by atoms with Crippen LogP contribution in [0.1, 0.15) is 42.3 Å². The van der Waals surface area contributed by atoms with E-state index in [1.54, 1.807) is 18.3 Å². The second-order valence-corrected chi connectivity index (χ2v) is 6.21. The van der Waals surface area contributed by atoms with E-state index in [2.05, 4.69) is 42.6 Å². The number of carbonyl (C=O) groups is 1. The molecule has 0 radical (unpaired) electrons. The fourth-order valence-electron chi connectivity index (χ4n) is 2.30. The smallest absolute Gasteiger partial charge is 0.234 e. The molecule has 0 bridgehead atoms. The van der Waals surface area contributed by atoms with Crippen LogP contribution in [0.2, 0.25) is 0 Å². The highest BCUT2D eigenvalue weighted by Crippen LogP contribution is 2.27. The summed E-state index contributed by atoms with van der Waals surface area (Å²) in [4.78, 5) is 12.5. The van der Waals surface area contributed by atoms with Gasteiger partial charge in [-0.05, 0) is 35.9 Å². The predicted molar refractivity (Wildman–Crippen MR) is 88.4 cm³/mol. The Morgan fingerprint density at radius 2 is 2.00 bits per heavy atom. The second-order valence-electron chi connectivity index (χ2n) is 5.23. The first-order valence-corrected chi connectivity index (χ1v) is 8.17. The number of rotatable bonds is 7. The number of nitrogens with one attached hydrogen (secondary N) is 1. The molecule has 4 heteroatoms. The van der Waals surface area contributed by atoms with Crippen LogP contribution in [-0.2, 0) is 11.2 Å². The molecular formula is C17H22N2OS. The van der Waals surface area contributed by atoms with Crippen LogP contribution >= 0.6 is 11.3 Å². The molecule has 1 aromatic carbocycles. The molecule has 1 aromatic heterocycles. The molecule has 21 heavy (non-hydrogen) atoms. The Hall–Kier alpha value is -1.65. The van der Waals surface area contributed by atoms with Gasteiger partial charge in [-0.3, -0.25) is 10.1 Å². The largest absolute Gasteiger partial charge is 0.368 e. The van der Waals surface area contributed by atoms with Crippen LogP contribution in [0.5, 0.6) is 0 Å². The Morgan fingerprint density at radius 3 is 2.52 bits per heavy atom. The van der Waals surface area contributed by atoms with E-state index in [-0.39, 0.29) is 18.0 Å². The molecule has 1 heterocycles. The van der Waals surface area contributed by atoms with E-state index >= 15 is 0 Å². The van der Waals surface area contributed by atoms with Crippen molar-refractivity contribution in [3.8, 4) is 0 Å². The summed E-state index contributed by atoms with van der Waals surface area (Å²) in [5.74, 6) is -0.334. The molecular weight excluding hydrogens is 280 g/mol. The van der Waals surface area contributed by atoms with E-state index in [1.165, 1.54) is 10.4 Å². The second kappa shape index (κ2) is 7.38. The zero-order valence-corrected chi connectivity index (χ0v) is 13.3. The van der Waals surface area contributed by atoms with Crippen molar-refractivity contribution >= 4 is 17.2 Å².